The second kappa shape index (κ2) is 6.25. The van der Waals surface area contributed by atoms with E-state index in [1.54, 1.807) is 18.9 Å². The summed E-state index contributed by atoms with van der Waals surface area (Å²) in [6, 6.07) is 0. The smallest absolute Gasteiger partial charge is 0.276 e. The fourth-order valence-corrected chi connectivity index (χ4v) is 2.67. The molecule has 1 aromatic heterocycles. The molecule has 0 bridgehead atoms. The zero-order chi connectivity index (χ0) is 11.2. The molecule has 4 nitrogen and oxygen atoms in total. The maximum Gasteiger partial charge on any atom is 0.276 e. The fraction of sp³-hybridized carbons (Fsp3) is 0.818. The van der Waals surface area contributed by atoms with E-state index in [0.717, 1.165) is 11.6 Å². The van der Waals surface area contributed by atoms with Crippen molar-refractivity contribution in [2.24, 2.45) is 0 Å². The van der Waals surface area contributed by atoms with Gasteiger partial charge in [0.05, 0.1) is 6.61 Å². The highest BCUT2D eigenvalue weighted by atomic mass is 32.2. The van der Waals surface area contributed by atoms with Crippen molar-refractivity contribution < 1.29 is 9.15 Å². The third-order valence-corrected chi connectivity index (χ3v) is 3.67. The zero-order valence-corrected chi connectivity index (χ0v) is 10.5. The van der Waals surface area contributed by atoms with Gasteiger partial charge in [0.15, 0.2) is 0 Å². The molecule has 0 spiro atoms. The van der Waals surface area contributed by atoms with E-state index in [9.17, 15) is 0 Å². The summed E-state index contributed by atoms with van der Waals surface area (Å²) in [4.78, 5) is 0. The van der Waals surface area contributed by atoms with E-state index in [4.69, 9.17) is 9.15 Å². The minimum atomic E-state index is 0.498. The van der Waals surface area contributed by atoms with Crippen LogP contribution < -0.4 is 0 Å². The van der Waals surface area contributed by atoms with Gasteiger partial charge in [-0.3, -0.25) is 0 Å². The number of ether oxygens (including phenoxy) is 1. The van der Waals surface area contributed by atoms with Crippen LogP contribution in [0.1, 0.15) is 43.9 Å². The second-order valence-electron chi connectivity index (χ2n) is 4.08. The van der Waals surface area contributed by atoms with Crippen molar-refractivity contribution in [1.82, 2.24) is 10.2 Å². The number of hydrogen-bond acceptors (Lipinski definition) is 5. The molecule has 2 rings (SSSR count). The maximum absolute atomic E-state index is 5.65. The van der Waals surface area contributed by atoms with E-state index in [2.05, 4.69) is 10.2 Å². The Labute approximate surface area is 100 Å². The molecular formula is C11H18N2O2S. The molecule has 0 N–H and O–H groups in total. The van der Waals surface area contributed by atoms with Crippen molar-refractivity contribution in [3.05, 3.63) is 5.89 Å². The second-order valence-corrected chi connectivity index (χ2v) is 5.13. The first-order chi connectivity index (χ1) is 7.90. The van der Waals surface area contributed by atoms with Crippen molar-refractivity contribution in [1.29, 1.82) is 0 Å². The number of aromatic nitrogens is 2. The molecule has 1 aliphatic carbocycles. The molecule has 0 atom stereocenters. The largest absolute Gasteiger partial charge is 0.416 e. The molecule has 0 aromatic carbocycles. The Kier molecular flexibility index (Phi) is 4.66. The first-order valence-electron chi connectivity index (χ1n) is 5.85. The molecule has 0 radical (unpaired) electrons. The van der Waals surface area contributed by atoms with Gasteiger partial charge in [-0.05, 0) is 12.8 Å². The molecule has 1 heterocycles. The zero-order valence-electron chi connectivity index (χ0n) is 9.65. The standard InChI is InChI=1S/C11H18N2O2S/c1-14-7-8-16-11-13-12-10(15-11)9-5-3-2-4-6-9/h9H,2-8H2,1H3. The van der Waals surface area contributed by atoms with Gasteiger partial charge >= 0.3 is 0 Å². The van der Waals surface area contributed by atoms with E-state index < -0.39 is 0 Å². The minimum absolute atomic E-state index is 0.498. The Bertz CT molecular complexity index is 311. The Morgan fingerprint density at radius 3 is 2.88 bits per heavy atom. The van der Waals surface area contributed by atoms with E-state index in [-0.39, 0.29) is 0 Å². The van der Waals surface area contributed by atoms with Gasteiger partial charge < -0.3 is 9.15 Å². The molecule has 1 aromatic rings. The average molecular weight is 242 g/mol. The van der Waals surface area contributed by atoms with E-state index in [0.29, 0.717) is 17.7 Å². The van der Waals surface area contributed by atoms with E-state index in [1.807, 2.05) is 0 Å². The lowest BCUT2D eigenvalue weighted by Gasteiger charge is -2.17. The third-order valence-electron chi connectivity index (χ3n) is 2.89. The topological polar surface area (TPSA) is 48.2 Å². The van der Waals surface area contributed by atoms with E-state index >= 15 is 0 Å². The van der Waals surface area contributed by atoms with Crippen molar-refractivity contribution in [3.63, 3.8) is 0 Å². The Morgan fingerprint density at radius 2 is 2.12 bits per heavy atom. The molecule has 5 heteroatoms. The van der Waals surface area contributed by atoms with Gasteiger partial charge in [0, 0.05) is 18.8 Å². The molecular weight excluding hydrogens is 224 g/mol. The van der Waals surface area contributed by atoms with E-state index in [1.165, 1.54) is 32.1 Å². The normalized spacial score (nSPS) is 17.8. The number of thioether (sulfide) groups is 1. The Balaban J connectivity index is 1.85. The summed E-state index contributed by atoms with van der Waals surface area (Å²) in [7, 11) is 1.70. The summed E-state index contributed by atoms with van der Waals surface area (Å²) in [5.41, 5.74) is 0. The number of rotatable bonds is 5. The number of nitrogens with zero attached hydrogens (tertiary/aromatic N) is 2. The molecule has 0 amide bonds. The Hall–Kier alpha value is -0.550. The van der Waals surface area contributed by atoms with Gasteiger partial charge in [-0.15, -0.1) is 10.2 Å². The average Bonchev–Trinajstić information content (AvgIpc) is 2.79. The van der Waals surface area contributed by atoms with Crippen LogP contribution in [0.25, 0.3) is 0 Å². The summed E-state index contributed by atoms with van der Waals surface area (Å²) >= 11 is 1.56. The minimum Gasteiger partial charge on any atom is -0.416 e. The SMILES string of the molecule is COCCSc1nnc(C2CCCCC2)o1. The highest BCUT2D eigenvalue weighted by molar-refractivity contribution is 7.99. The van der Waals surface area contributed by atoms with Crippen molar-refractivity contribution in [2.45, 2.75) is 43.2 Å². The predicted molar refractivity (Wildman–Crippen MR) is 62.7 cm³/mol. The summed E-state index contributed by atoms with van der Waals surface area (Å²) in [5, 5.41) is 8.87. The van der Waals surface area contributed by atoms with Gasteiger partial charge in [0.25, 0.3) is 5.22 Å². The van der Waals surface area contributed by atoms with Crippen LogP contribution >= 0.6 is 11.8 Å². The van der Waals surface area contributed by atoms with Crippen LogP contribution in [0, 0.1) is 0 Å². The number of hydrogen-bond donors (Lipinski definition) is 0. The summed E-state index contributed by atoms with van der Waals surface area (Å²) in [5.74, 6) is 2.20. The lowest BCUT2D eigenvalue weighted by Crippen LogP contribution is -2.04. The third kappa shape index (κ3) is 3.22. The first kappa shape index (κ1) is 11.9. The van der Waals surface area contributed by atoms with Crippen LogP contribution in [0.3, 0.4) is 0 Å². The summed E-state index contributed by atoms with van der Waals surface area (Å²) in [6.07, 6.45) is 6.33. The molecule has 16 heavy (non-hydrogen) atoms. The number of methoxy groups -OCH3 is 1. The molecule has 0 saturated heterocycles. The first-order valence-corrected chi connectivity index (χ1v) is 6.84. The predicted octanol–water partition coefficient (Wildman–Crippen LogP) is 2.86. The van der Waals surface area contributed by atoms with Gasteiger partial charge in [-0.25, -0.2) is 0 Å². The van der Waals surface area contributed by atoms with Crippen LogP contribution in [0.4, 0.5) is 0 Å². The van der Waals surface area contributed by atoms with Gasteiger partial charge in [-0.1, -0.05) is 31.0 Å². The summed E-state index contributed by atoms with van der Waals surface area (Å²) < 4.78 is 10.6. The molecule has 1 fully saturated rings. The summed E-state index contributed by atoms with van der Waals surface area (Å²) in [6.45, 7) is 0.714. The molecule has 1 saturated carbocycles. The highest BCUT2D eigenvalue weighted by Gasteiger charge is 2.21. The Morgan fingerprint density at radius 1 is 1.31 bits per heavy atom. The monoisotopic (exact) mass is 242 g/mol. The molecule has 90 valence electrons. The fourth-order valence-electron chi connectivity index (χ4n) is 2.01. The van der Waals surface area contributed by atoms with Gasteiger partial charge in [-0.2, -0.15) is 0 Å². The van der Waals surface area contributed by atoms with Crippen molar-refractivity contribution >= 4 is 11.8 Å². The molecule has 1 aliphatic rings. The van der Waals surface area contributed by atoms with Crippen molar-refractivity contribution in [2.75, 3.05) is 19.5 Å². The van der Waals surface area contributed by atoms with Crippen LogP contribution in [0.15, 0.2) is 9.64 Å². The van der Waals surface area contributed by atoms with Crippen LogP contribution in [-0.2, 0) is 4.74 Å². The highest BCUT2D eigenvalue weighted by Crippen LogP contribution is 2.32. The van der Waals surface area contributed by atoms with Gasteiger partial charge in [0.1, 0.15) is 0 Å². The van der Waals surface area contributed by atoms with Crippen LogP contribution in [-0.4, -0.2) is 29.7 Å². The maximum atomic E-state index is 5.65. The van der Waals surface area contributed by atoms with Crippen LogP contribution in [0.2, 0.25) is 0 Å². The van der Waals surface area contributed by atoms with Gasteiger partial charge in [0.2, 0.25) is 5.89 Å². The van der Waals surface area contributed by atoms with Crippen molar-refractivity contribution in [3.8, 4) is 0 Å². The lowest BCUT2D eigenvalue weighted by atomic mass is 9.89. The van der Waals surface area contributed by atoms with Crippen LogP contribution in [0.5, 0.6) is 0 Å². The quantitative estimate of drug-likeness (QED) is 0.587. The molecule has 0 aliphatic heterocycles. The molecule has 0 unspecified atom stereocenters. The lowest BCUT2D eigenvalue weighted by molar-refractivity contribution is 0.218.